The molecule has 0 amide bonds. The average molecular weight is 147 g/mol. The predicted molar refractivity (Wildman–Crippen MR) is 32.2 cm³/mol. The minimum atomic E-state index is -1.22. The molecule has 5 nitrogen and oxygen atoms in total. The van der Waals surface area contributed by atoms with Crippen molar-refractivity contribution < 1.29 is 19.4 Å². The molecule has 0 saturated carbocycles. The number of aliphatic carboxylic acids is 1. The smallest absolute Gasteiger partial charge is 0.346 e. The summed E-state index contributed by atoms with van der Waals surface area (Å²) in [4.78, 5) is 20.3. The standard InChI is InChI=1S/C5H9NO4/c1-3(7)10-4(2-6)5(8)9/h4H,2,6H2,1H3,(H,8,9)/t4-/m0/s1. The lowest BCUT2D eigenvalue weighted by Gasteiger charge is -2.08. The Hall–Kier alpha value is -1.10. The van der Waals surface area contributed by atoms with Crippen LogP contribution in [-0.4, -0.2) is 29.7 Å². The summed E-state index contributed by atoms with van der Waals surface area (Å²) < 4.78 is 4.30. The van der Waals surface area contributed by atoms with Crippen molar-refractivity contribution >= 4 is 11.9 Å². The van der Waals surface area contributed by atoms with Crippen molar-refractivity contribution in [2.45, 2.75) is 13.0 Å². The Morgan fingerprint density at radius 2 is 2.20 bits per heavy atom. The van der Waals surface area contributed by atoms with Gasteiger partial charge in [-0.15, -0.1) is 0 Å². The van der Waals surface area contributed by atoms with Crippen molar-refractivity contribution in [2.75, 3.05) is 6.54 Å². The molecule has 0 saturated heterocycles. The minimum absolute atomic E-state index is 0.199. The zero-order chi connectivity index (χ0) is 8.15. The Morgan fingerprint density at radius 1 is 1.70 bits per heavy atom. The normalized spacial score (nSPS) is 12.2. The predicted octanol–water partition coefficient (Wildman–Crippen LogP) is -1.04. The van der Waals surface area contributed by atoms with Crippen LogP contribution in [0.5, 0.6) is 0 Å². The Balaban J connectivity index is 3.83. The molecule has 0 fully saturated rings. The first-order chi connectivity index (χ1) is 4.57. The lowest BCUT2D eigenvalue weighted by Crippen LogP contribution is -2.33. The van der Waals surface area contributed by atoms with E-state index in [1.54, 1.807) is 0 Å². The van der Waals surface area contributed by atoms with E-state index in [0.29, 0.717) is 0 Å². The van der Waals surface area contributed by atoms with Crippen LogP contribution in [0.1, 0.15) is 6.92 Å². The summed E-state index contributed by atoms with van der Waals surface area (Å²) >= 11 is 0. The van der Waals surface area contributed by atoms with E-state index in [0.717, 1.165) is 6.92 Å². The summed E-state index contributed by atoms with van der Waals surface area (Å²) in [5, 5.41) is 8.26. The quantitative estimate of drug-likeness (QED) is 0.498. The van der Waals surface area contributed by atoms with Gasteiger partial charge in [0.25, 0.3) is 0 Å². The van der Waals surface area contributed by atoms with Gasteiger partial charge in [0.1, 0.15) is 0 Å². The van der Waals surface area contributed by atoms with Gasteiger partial charge in [-0.25, -0.2) is 4.79 Å². The molecule has 0 aromatic heterocycles. The van der Waals surface area contributed by atoms with E-state index >= 15 is 0 Å². The van der Waals surface area contributed by atoms with E-state index in [1.807, 2.05) is 0 Å². The maximum absolute atomic E-state index is 10.2. The lowest BCUT2D eigenvalue weighted by atomic mass is 10.4. The van der Waals surface area contributed by atoms with Crippen LogP contribution in [0.4, 0.5) is 0 Å². The van der Waals surface area contributed by atoms with Crippen LogP contribution < -0.4 is 5.73 Å². The van der Waals surface area contributed by atoms with Gasteiger partial charge in [-0.1, -0.05) is 0 Å². The van der Waals surface area contributed by atoms with Crippen LogP contribution in [-0.2, 0) is 14.3 Å². The Bertz CT molecular complexity index is 145. The van der Waals surface area contributed by atoms with E-state index < -0.39 is 18.0 Å². The van der Waals surface area contributed by atoms with E-state index in [2.05, 4.69) is 4.74 Å². The number of ether oxygens (including phenoxy) is 1. The fourth-order valence-electron chi connectivity index (χ4n) is 0.400. The number of rotatable bonds is 3. The van der Waals surface area contributed by atoms with Gasteiger partial charge in [0.15, 0.2) is 0 Å². The minimum Gasteiger partial charge on any atom is -0.478 e. The molecule has 0 rings (SSSR count). The third-order valence-corrected chi connectivity index (χ3v) is 0.798. The van der Waals surface area contributed by atoms with Gasteiger partial charge in [-0.2, -0.15) is 0 Å². The van der Waals surface area contributed by atoms with Gasteiger partial charge in [-0.3, -0.25) is 4.79 Å². The van der Waals surface area contributed by atoms with E-state index in [-0.39, 0.29) is 6.54 Å². The first kappa shape index (κ1) is 8.90. The number of hydrogen-bond donors (Lipinski definition) is 2. The topological polar surface area (TPSA) is 89.6 Å². The highest BCUT2D eigenvalue weighted by atomic mass is 16.6. The largest absolute Gasteiger partial charge is 0.478 e. The van der Waals surface area contributed by atoms with Gasteiger partial charge in [0.05, 0.1) is 0 Å². The first-order valence-electron chi connectivity index (χ1n) is 2.68. The average Bonchev–Trinajstić information content (AvgIpc) is 1.81. The Labute approximate surface area is 57.8 Å². The summed E-state index contributed by atoms with van der Waals surface area (Å²) in [7, 11) is 0. The van der Waals surface area contributed by atoms with E-state index in [9.17, 15) is 9.59 Å². The second kappa shape index (κ2) is 3.84. The summed E-state index contributed by atoms with van der Waals surface area (Å²) in [5.74, 6) is -1.87. The van der Waals surface area contributed by atoms with E-state index in [1.165, 1.54) is 0 Å². The molecule has 0 aromatic carbocycles. The molecule has 0 spiro atoms. The van der Waals surface area contributed by atoms with Crippen LogP contribution in [0.3, 0.4) is 0 Å². The molecule has 0 unspecified atom stereocenters. The van der Waals surface area contributed by atoms with Crippen molar-refractivity contribution in [2.24, 2.45) is 5.73 Å². The summed E-state index contributed by atoms with van der Waals surface area (Å²) in [6, 6.07) is 0. The monoisotopic (exact) mass is 147 g/mol. The molecule has 0 aliphatic carbocycles. The molecule has 0 bridgehead atoms. The van der Waals surface area contributed by atoms with Crippen LogP contribution >= 0.6 is 0 Å². The molecule has 1 atom stereocenters. The zero-order valence-corrected chi connectivity index (χ0v) is 5.53. The molecule has 0 radical (unpaired) electrons. The highest BCUT2D eigenvalue weighted by Crippen LogP contribution is 1.89. The highest BCUT2D eigenvalue weighted by Gasteiger charge is 2.17. The van der Waals surface area contributed by atoms with Crippen molar-refractivity contribution in [3.05, 3.63) is 0 Å². The van der Waals surface area contributed by atoms with Crippen molar-refractivity contribution in [1.82, 2.24) is 0 Å². The number of hydrogen-bond acceptors (Lipinski definition) is 4. The molecule has 3 N–H and O–H groups in total. The maximum atomic E-state index is 10.2. The van der Waals surface area contributed by atoms with Crippen LogP contribution in [0, 0.1) is 0 Å². The van der Waals surface area contributed by atoms with Gasteiger partial charge >= 0.3 is 11.9 Å². The molecule has 0 heterocycles. The van der Waals surface area contributed by atoms with Crippen molar-refractivity contribution in [3.63, 3.8) is 0 Å². The summed E-state index contributed by atoms with van der Waals surface area (Å²) in [6.45, 7) is 0.931. The molecular formula is C5H9NO4. The number of esters is 1. The van der Waals surface area contributed by atoms with Crippen LogP contribution in [0.15, 0.2) is 0 Å². The lowest BCUT2D eigenvalue weighted by molar-refractivity contribution is -0.161. The van der Waals surface area contributed by atoms with Gasteiger partial charge < -0.3 is 15.6 Å². The Morgan fingerprint density at radius 3 is 2.30 bits per heavy atom. The zero-order valence-electron chi connectivity index (χ0n) is 5.53. The number of carboxylic acids is 1. The molecule has 0 aliphatic heterocycles. The number of carboxylic acid groups (broad SMARTS) is 1. The molecule has 10 heavy (non-hydrogen) atoms. The maximum Gasteiger partial charge on any atom is 0.346 e. The van der Waals surface area contributed by atoms with Gasteiger partial charge in [-0.05, 0) is 0 Å². The van der Waals surface area contributed by atoms with Crippen molar-refractivity contribution in [1.29, 1.82) is 0 Å². The first-order valence-corrected chi connectivity index (χ1v) is 2.68. The summed E-state index contributed by atoms with van der Waals surface area (Å²) in [5.41, 5.74) is 4.96. The van der Waals surface area contributed by atoms with Gasteiger partial charge in [0.2, 0.25) is 6.10 Å². The number of nitrogens with two attached hydrogens (primary N) is 1. The SMILES string of the molecule is CC(=O)O[C@@H](CN)C(=O)O. The van der Waals surface area contributed by atoms with E-state index in [4.69, 9.17) is 10.8 Å². The fourth-order valence-corrected chi connectivity index (χ4v) is 0.400. The highest BCUT2D eigenvalue weighted by molar-refractivity contribution is 5.77. The Kier molecular flexibility index (Phi) is 3.42. The van der Waals surface area contributed by atoms with Gasteiger partial charge in [0, 0.05) is 13.5 Å². The molecule has 58 valence electrons. The third kappa shape index (κ3) is 3.03. The summed E-state index contributed by atoms with van der Waals surface area (Å²) in [6.07, 6.45) is -1.21. The number of carbonyl (C=O) groups excluding carboxylic acids is 1. The second-order valence-corrected chi connectivity index (χ2v) is 1.67. The molecule has 5 heteroatoms. The number of carbonyl (C=O) groups is 2. The van der Waals surface area contributed by atoms with Crippen molar-refractivity contribution in [3.8, 4) is 0 Å². The molecular weight excluding hydrogens is 138 g/mol. The fraction of sp³-hybridized carbons (Fsp3) is 0.600. The second-order valence-electron chi connectivity index (χ2n) is 1.67. The van der Waals surface area contributed by atoms with Crippen LogP contribution in [0.25, 0.3) is 0 Å². The van der Waals surface area contributed by atoms with Crippen LogP contribution in [0.2, 0.25) is 0 Å². The molecule has 0 aromatic rings. The molecule has 0 aliphatic rings. The third-order valence-electron chi connectivity index (χ3n) is 0.798.